The molecule has 0 spiro atoms. The minimum atomic E-state index is -0.257. The summed E-state index contributed by atoms with van der Waals surface area (Å²) in [5.41, 5.74) is 2.67. The van der Waals surface area contributed by atoms with E-state index < -0.39 is 0 Å². The monoisotopic (exact) mass is 250 g/mol. The second-order valence-electron chi connectivity index (χ2n) is 4.41. The molecule has 2 aliphatic rings. The van der Waals surface area contributed by atoms with Crippen LogP contribution in [0.25, 0.3) is 21.9 Å². The van der Waals surface area contributed by atoms with Gasteiger partial charge in [0.2, 0.25) is 0 Å². The van der Waals surface area contributed by atoms with Gasteiger partial charge in [0.25, 0.3) is 0 Å². The number of ether oxygens (including phenoxy) is 1. The largest absolute Gasteiger partial charge is 0.462 e. The first-order valence-corrected chi connectivity index (χ1v) is 6.39. The highest BCUT2D eigenvalue weighted by molar-refractivity contribution is 6.05. The van der Waals surface area contributed by atoms with Crippen LogP contribution in [0.15, 0.2) is 54.6 Å². The molecule has 0 aromatic heterocycles. The average molecular weight is 250 g/mol. The second-order valence-corrected chi connectivity index (χ2v) is 4.41. The van der Waals surface area contributed by atoms with E-state index in [9.17, 15) is 4.79 Å². The highest BCUT2D eigenvalue weighted by Crippen LogP contribution is 2.33. The smallest absolute Gasteiger partial charge is 0.338 e. The minimum absolute atomic E-state index is 0.257. The summed E-state index contributed by atoms with van der Waals surface area (Å²) in [6, 6.07) is 18.0. The lowest BCUT2D eigenvalue weighted by Gasteiger charge is -2.03. The fraction of sp³-hybridized carbons (Fsp3) is 0.118. The first-order valence-electron chi connectivity index (χ1n) is 6.39. The molecule has 0 saturated carbocycles. The van der Waals surface area contributed by atoms with Crippen LogP contribution in [-0.2, 0) is 4.74 Å². The van der Waals surface area contributed by atoms with Gasteiger partial charge in [0.05, 0.1) is 12.2 Å². The molecular weight excluding hydrogens is 236 g/mol. The predicted octanol–water partition coefficient (Wildman–Crippen LogP) is 4.12. The molecule has 2 aliphatic carbocycles. The van der Waals surface area contributed by atoms with E-state index in [1.807, 2.05) is 43.3 Å². The fourth-order valence-corrected chi connectivity index (χ4v) is 2.43. The summed E-state index contributed by atoms with van der Waals surface area (Å²) >= 11 is 0. The van der Waals surface area contributed by atoms with Gasteiger partial charge >= 0.3 is 5.97 Å². The molecule has 94 valence electrons. The number of hydrogen-bond donors (Lipinski definition) is 0. The van der Waals surface area contributed by atoms with Crippen LogP contribution in [-0.4, -0.2) is 12.6 Å². The normalized spacial score (nSPS) is 10.8. The van der Waals surface area contributed by atoms with Crippen LogP contribution < -0.4 is 0 Å². The maximum absolute atomic E-state index is 11.9. The van der Waals surface area contributed by atoms with Crippen molar-refractivity contribution in [2.24, 2.45) is 0 Å². The van der Waals surface area contributed by atoms with Gasteiger partial charge in [-0.1, -0.05) is 48.5 Å². The molecule has 0 saturated heterocycles. The Morgan fingerprint density at radius 3 is 2.58 bits per heavy atom. The Morgan fingerprint density at radius 1 is 0.947 bits per heavy atom. The van der Waals surface area contributed by atoms with Crippen molar-refractivity contribution in [1.29, 1.82) is 0 Å². The molecule has 0 fully saturated rings. The van der Waals surface area contributed by atoms with Gasteiger partial charge in [0.15, 0.2) is 0 Å². The molecule has 2 nitrogen and oxygen atoms in total. The lowest BCUT2D eigenvalue weighted by atomic mass is 10.0. The summed E-state index contributed by atoms with van der Waals surface area (Å²) in [4.78, 5) is 11.9. The second kappa shape index (κ2) is 4.73. The molecule has 1 aromatic rings. The van der Waals surface area contributed by atoms with E-state index in [0.29, 0.717) is 12.2 Å². The molecular formula is C17H14O2. The van der Waals surface area contributed by atoms with E-state index in [1.165, 1.54) is 5.39 Å². The SMILES string of the molecule is CCOC(=O)c1ccc2c3ccccc3cccc1-2. The van der Waals surface area contributed by atoms with Crippen molar-refractivity contribution in [3.8, 4) is 11.1 Å². The topological polar surface area (TPSA) is 26.3 Å². The number of carbonyl (C=O) groups excluding carboxylic acids is 1. The molecule has 19 heavy (non-hydrogen) atoms. The average Bonchev–Trinajstić information content (AvgIpc) is 2.75. The highest BCUT2D eigenvalue weighted by atomic mass is 16.5. The Balaban J connectivity index is 2.23. The Hall–Kier alpha value is -2.35. The third-order valence-corrected chi connectivity index (χ3v) is 3.28. The van der Waals surface area contributed by atoms with Crippen LogP contribution in [0.2, 0.25) is 0 Å². The van der Waals surface area contributed by atoms with Crippen molar-refractivity contribution in [2.75, 3.05) is 6.61 Å². The molecule has 0 atom stereocenters. The van der Waals surface area contributed by atoms with Gasteiger partial charge in [0.1, 0.15) is 0 Å². The van der Waals surface area contributed by atoms with E-state index in [2.05, 4.69) is 18.2 Å². The molecule has 0 aliphatic heterocycles. The lowest BCUT2D eigenvalue weighted by Crippen LogP contribution is -2.03. The number of carbonyl (C=O) groups is 1. The van der Waals surface area contributed by atoms with E-state index in [4.69, 9.17) is 4.74 Å². The summed E-state index contributed by atoms with van der Waals surface area (Å²) in [6.07, 6.45) is 0. The standard InChI is InChI=1S/C17H14O2/c1-2-19-17(18)16-11-10-15-13-8-4-3-6-12(13)7-5-9-14(15)16/h3-11H,2H2,1H3. The number of rotatable bonds is 2. The summed E-state index contributed by atoms with van der Waals surface area (Å²) < 4.78 is 5.10. The lowest BCUT2D eigenvalue weighted by molar-refractivity contribution is 0.0528. The number of esters is 1. The number of fused-ring (bicyclic) bond motifs is 3. The minimum Gasteiger partial charge on any atom is -0.462 e. The maximum Gasteiger partial charge on any atom is 0.338 e. The number of benzene rings is 1. The molecule has 0 heterocycles. The van der Waals surface area contributed by atoms with E-state index in [0.717, 1.165) is 16.5 Å². The molecule has 0 radical (unpaired) electrons. The molecule has 0 unspecified atom stereocenters. The molecule has 3 rings (SSSR count). The van der Waals surface area contributed by atoms with Gasteiger partial charge in [-0.15, -0.1) is 0 Å². The van der Waals surface area contributed by atoms with Crippen LogP contribution in [0.1, 0.15) is 17.3 Å². The Morgan fingerprint density at radius 2 is 1.74 bits per heavy atom. The van der Waals surface area contributed by atoms with Crippen LogP contribution in [0.4, 0.5) is 0 Å². The zero-order valence-corrected chi connectivity index (χ0v) is 10.7. The summed E-state index contributed by atoms with van der Waals surface area (Å²) in [6.45, 7) is 2.21. The van der Waals surface area contributed by atoms with Gasteiger partial charge in [-0.3, -0.25) is 0 Å². The molecule has 0 bridgehead atoms. The maximum atomic E-state index is 11.9. The van der Waals surface area contributed by atoms with Crippen LogP contribution in [0.3, 0.4) is 0 Å². The molecule has 1 aromatic carbocycles. The van der Waals surface area contributed by atoms with E-state index >= 15 is 0 Å². The zero-order valence-electron chi connectivity index (χ0n) is 10.7. The zero-order chi connectivity index (χ0) is 13.2. The van der Waals surface area contributed by atoms with Crippen molar-refractivity contribution in [2.45, 2.75) is 6.92 Å². The van der Waals surface area contributed by atoms with E-state index in [-0.39, 0.29) is 5.97 Å². The third kappa shape index (κ3) is 1.95. The molecule has 2 heteroatoms. The van der Waals surface area contributed by atoms with Crippen LogP contribution in [0, 0.1) is 0 Å². The van der Waals surface area contributed by atoms with E-state index in [1.54, 1.807) is 0 Å². The van der Waals surface area contributed by atoms with Gasteiger partial charge in [0, 0.05) is 0 Å². The van der Waals surface area contributed by atoms with Crippen molar-refractivity contribution in [3.63, 3.8) is 0 Å². The summed E-state index contributed by atoms with van der Waals surface area (Å²) in [5.74, 6) is -0.257. The highest BCUT2D eigenvalue weighted by Gasteiger charge is 2.17. The van der Waals surface area contributed by atoms with Gasteiger partial charge in [-0.25, -0.2) is 4.79 Å². The van der Waals surface area contributed by atoms with Crippen molar-refractivity contribution in [3.05, 3.63) is 60.2 Å². The fourth-order valence-electron chi connectivity index (χ4n) is 2.43. The number of hydrogen-bond acceptors (Lipinski definition) is 2. The van der Waals surface area contributed by atoms with Crippen molar-refractivity contribution < 1.29 is 9.53 Å². The van der Waals surface area contributed by atoms with Crippen molar-refractivity contribution >= 4 is 16.7 Å². The third-order valence-electron chi connectivity index (χ3n) is 3.28. The van der Waals surface area contributed by atoms with Crippen molar-refractivity contribution in [1.82, 2.24) is 0 Å². The first-order chi connectivity index (χ1) is 9.31. The summed E-state index contributed by atoms with van der Waals surface area (Å²) in [5, 5.41) is 2.32. The predicted molar refractivity (Wildman–Crippen MR) is 76.5 cm³/mol. The van der Waals surface area contributed by atoms with Gasteiger partial charge < -0.3 is 4.74 Å². The summed E-state index contributed by atoms with van der Waals surface area (Å²) in [7, 11) is 0. The Labute approximate surface area is 112 Å². The molecule has 0 amide bonds. The first kappa shape index (κ1) is 11.7. The van der Waals surface area contributed by atoms with Gasteiger partial charge in [-0.2, -0.15) is 0 Å². The van der Waals surface area contributed by atoms with Gasteiger partial charge in [-0.05, 0) is 34.9 Å². The Kier molecular flexibility index (Phi) is 2.92. The Bertz CT molecular complexity index is 716. The molecule has 0 N–H and O–H groups in total. The van der Waals surface area contributed by atoms with Crippen LogP contribution >= 0.6 is 0 Å². The quantitative estimate of drug-likeness (QED) is 0.639. The van der Waals surface area contributed by atoms with Crippen LogP contribution in [0.5, 0.6) is 0 Å².